The van der Waals surface area contributed by atoms with Crippen LogP contribution in [0.5, 0.6) is 0 Å². The van der Waals surface area contributed by atoms with E-state index in [0.29, 0.717) is 24.7 Å². The Hall–Kier alpha value is -4.14. The summed E-state index contributed by atoms with van der Waals surface area (Å²) in [7, 11) is 0. The van der Waals surface area contributed by atoms with E-state index in [-0.39, 0.29) is 11.8 Å². The summed E-state index contributed by atoms with van der Waals surface area (Å²) >= 11 is 0. The minimum Gasteiger partial charge on any atom is -0.444 e. The van der Waals surface area contributed by atoms with Gasteiger partial charge in [-0.15, -0.1) is 0 Å². The van der Waals surface area contributed by atoms with Crippen molar-refractivity contribution in [2.24, 2.45) is 5.92 Å². The number of likely N-dealkylation sites (tertiary alicyclic amines) is 1. The maximum absolute atomic E-state index is 12.5. The monoisotopic (exact) mass is 528 g/mol. The molecule has 0 saturated carbocycles. The van der Waals surface area contributed by atoms with E-state index in [9.17, 15) is 9.59 Å². The number of rotatable bonds is 5. The Morgan fingerprint density at radius 1 is 1.10 bits per heavy atom. The first kappa shape index (κ1) is 26.5. The lowest BCUT2D eigenvalue weighted by Crippen LogP contribution is -2.42. The molecule has 0 bridgehead atoms. The molecule has 204 valence electrons. The first-order chi connectivity index (χ1) is 18.6. The predicted octanol–water partition coefficient (Wildman–Crippen LogP) is 5.66. The Bertz CT molecular complexity index is 1560. The zero-order valence-corrected chi connectivity index (χ0v) is 23.2. The number of aromatic amines is 2. The lowest BCUT2D eigenvalue weighted by atomic mass is 9.96. The fraction of sp³-hybridized carbons (Fsp3) is 0.400. The van der Waals surface area contributed by atoms with E-state index in [4.69, 9.17) is 4.74 Å². The third kappa shape index (κ3) is 6.13. The number of nitrogens with zero attached hydrogens (tertiary/aromatic N) is 3. The van der Waals surface area contributed by atoms with Gasteiger partial charge in [-0.1, -0.05) is 12.1 Å². The van der Waals surface area contributed by atoms with Crippen LogP contribution in [0.15, 0.2) is 47.3 Å². The number of aromatic nitrogens is 4. The van der Waals surface area contributed by atoms with E-state index < -0.39 is 5.60 Å². The minimum absolute atomic E-state index is 0.227. The quantitative estimate of drug-likeness (QED) is 0.308. The van der Waals surface area contributed by atoms with Crippen molar-refractivity contribution in [3.05, 3.63) is 64.2 Å². The van der Waals surface area contributed by atoms with Crippen molar-refractivity contribution in [2.45, 2.75) is 53.1 Å². The van der Waals surface area contributed by atoms with Gasteiger partial charge in [-0.3, -0.25) is 5.10 Å². The highest BCUT2D eigenvalue weighted by molar-refractivity contribution is 5.86. The van der Waals surface area contributed by atoms with Crippen molar-refractivity contribution in [3.63, 3.8) is 0 Å². The summed E-state index contributed by atoms with van der Waals surface area (Å²) in [6.45, 7) is 12.0. The van der Waals surface area contributed by atoms with E-state index in [1.165, 1.54) is 0 Å². The Labute approximate surface area is 228 Å². The molecule has 0 aliphatic carbocycles. The molecule has 3 heterocycles. The fourth-order valence-corrected chi connectivity index (χ4v) is 5.03. The third-order valence-electron chi connectivity index (χ3n) is 7.16. The van der Waals surface area contributed by atoms with Gasteiger partial charge in [0.15, 0.2) is 0 Å². The molecule has 39 heavy (non-hydrogen) atoms. The highest BCUT2D eigenvalue weighted by Gasteiger charge is 2.26. The highest BCUT2D eigenvalue weighted by Crippen LogP contribution is 2.29. The maximum Gasteiger partial charge on any atom is 0.410 e. The second kappa shape index (κ2) is 10.6. The van der Waals surface area contributed by atoms with Gasteiger partial charge >= 0.3 is 11.8 Å². The van der Waals surface area contributed by atoms with Crippen LogP contribution in [0.2, 0.25) is 0 Å². The summed E-state index contributed by atoms with van der Waals surface area (Å²) < 4.78 is 5.50. The second-order valence-electron chi connectivity index (χ2n) is 11.4. The molecular weight excluding hydrogens is 492 g/mol. The molecule has 1 saturated heterocycles. The van der Waals surface area contributed by atoms with Gasteiger partial charge in [0.2, 0.25) is 0 Å². The zero-order chi connectivity index (χ0) is 27.7. The van der Waals surface area contributed by atoms with Gasteiger partial charge in [0.25, 0.3) is 0 Å². The molecule has 1 aliphatic heterocycles. The van der Waals surface area contributed by atoms with E-state index in [0.717, 1.165) is 64.1 Å². The van der Waals surface area contributed by atoms with Crippen molar-refractivity contribution in [2.75, 3.05) is 25.0 Å². The van der Waals surface area contributed by atoms with Crippen LogP contribution < -0.4 is 11.0 Å². The number of hydrogen-bond acceptors (Lipinski definition) is 6. The lowest BCUT2D eigenvalue weighted by Gasteiger charge is -2.33. The summed E-state index contributed by atoms with van der Waals surface area (Å²) in [5, 5.41) is 11.8. The van der Waals surface area contributed by atoms with Gasteiger partial charge < -0.3 is 19.9 Å². The van der Waals surface area contributed by atoms with E-state index in [1.54, 1.807) is 4.90 Å². The Balaban J connectivity index is 1.25. The van der Waals surface area contributed by atoms with Crippen molar-refractivity contribution in [1.29, 1.82) is 0 Å². The van der Waals surface area contributed by atoms with Crippen molar-refractivity contribution in [3.8, 4) is 22.5 Å². The summed E-state index contributed by atoms with van der Waals surface area (Å²) in [5.74, 6) is 0.485. The minimum atomic E-state index is -0.474. The third-order valence-corrected chi connectivity index (χ3v) is 7.16. The van der Waals surface area contributed by atoms with Crippen LogP contribution in [-0.4, -0.2) is 56.4 Å². The molecule has 0 atom stereocenters. The number of benzene rings is 2. The fourth-order valence-electron chi connectivity index (χ4n) is 5.03. The van der Waals surface area contributed by atoms with E-state index in [2.05, 4.69) is 31.5 Å². The first-order valence-corrected chi connectivity index (χ1v) is 13.4. The summed E-state index contributed by atoms with van der Waals surface area (Å²) in [6, 6.07) is 14.0. The normalized spacial score (nSPS) is 14.5. The highest BCUT2D eigenvalue weighted by atomic mass is 16.6. The number of nitrogens with one attached hydrogen (secondary N) is 3. The van der Waals surface area contributed by atoms with Crippen LogP contribution in [0.4, 0.5) is 10.5 Å². The number of hydrogen-bond donors (Lipinski definition) is 3. The number of aryl methyl sites for hydroxylation is 2. The Morgan fingerprint density at radius 3 is 2.59 bits per heavy atom. The molecule has 0 unspecified atom stereocenters. The number of anilines is 1. The van der Waals surface area contributed by atoms with Crippen LogP contribution in [0, 0.1) is 19.8 Å². The number of carbonyl (C=O) groups is 1. The predicted molar refractivity (Wildman–Crippen MR) is 154 cm³/mol. The van der Waals surface area contributed by atoms with Crippen molar-refractivity contribution < 1.29 is 9.53 Å². The number of fused-ring (bicyclic) bond motifs is 1. The molecule has 2 aromatic carbocycles. The van der Waals surface area contributed by atoms with Crippen molar-refractivity contribution >= 4 is 22.7 Å². The molecule has 0 spiro atoms. The molecule has 1 amide bonds. The molecule has 9 heteroatoms. The Morgan fingerprint density at radius 2 is 1.87 bits per heavy atom. The van der Waals surface area contributed by atoms with Crippen LogP contribution in [0.3, 0.4) is 0 Å². The van der Waals surface area contributed by atoms with Gasteiger partial charge in [-0.2, -0.15) is 10.1 Å². The average molecular weight is 529 g/mol. The second-order valence-corrected chi connectivity index (χ2v) is 11.4. The summed E-state index contributed by atoms with van der Waals surface area (Å²) in [6.07, 6.45) is 1.65. The molecule has 2 aromatic heterocycles. The van der Waals surface area contributed by atoms with Crippen LogP contribution >= 0.6 is 0 Å². The van der Waals surface area contributed by atoms with Gasteiger partial charge in [-0.05, 0) is 89.3 Å². The lowest BCUT2D eigenvalue weighted by molar-refractivity contribution is 0.0188. The zero-order valence-electron chi connectivity index (χ0n) is 23.2. The van der Waals surface area contributed by atoms with Gasteiger partial charge in [0.05, 0.1) is 16.9 Å². The van der Waals surface area contributed by atoms with Crippen LogP contribution in [0.25, 0.3) is 33.4 Å². The number of H-pyrrole nitrogens is 2. The number of carbonyl (C=O) groups excluding carboxylic acids is 1. The largest absolute Gasteiger partial charge is 0.444 e. The van der Waals surface area contributed by atoms with Crippen LogP contribution in [-0.2, 0) is 4.74 Å². The first-order valence-electron chi connectivity index (χ1n) is 13.4. The standard InChI is InChI=1S/C30H36N6O3/c1-18-14-22(31-17-20-10-12-36(13-11-20)29(38)39-30(3,4)5)7-8-23(18)27-16-26(32-28(37)33-27)21-6-9-25-24(15-21)19(2)34-35-25/h6-9,14-16,20,31H,10-13,17H2,1-5H3,(H,34,35)(H,32,33,37). The average Bonchev–Trinajstić information content (AvgIpc) is 3.26. The van der Waals surface area contributed by atoms with E-state index >= 15 is 0 Å². The molecule has 1 fully saturated rings. The molecule has 0 radical (unpaired) electrons. The molecule has 5 rings (SSSR count). The molecule has 4 aromatic rings. The van der Waals surface area contributed by atoms with Gasteiger partial charge in [0.1, 0.15) is 5.60 Å². The number of amides is 1. The van der Waals surface area contributed by atoms with E-state index in [1.807, 2.05) is 71.0 Å². The van der Waals surface area contributed by atoms with Gasteiger partial charge in [-0.25, -0.2) is 9.59 Å². The number of ether oxygens (including phenoxy) is 1. The maximum atomic E-state index is 12.5. The topological polar surface area (TPSA) is 116 Å². The SMILES string of the molecule is Cc1cc(NCC2CCN(C(=O)OC(C)(C)C)CC2)ccc1-c1cc(-c2ccc3n[nH]c(C)c3c2)nc(=O)[nH]1. The molecular formula is C30H36N6O3. The van der Waals surface area contributed by atoms with Crippen LogP contribution in [0.1, 0.15) is 44.9 Å². The molecule has 3 N–H and O–H groups in total. The number of piperidine rings is 1. The molecule has 1 aliphatic rings. The van der Waals surface area contributed by atoms with Crippen molar-refractivity contribution in [1.82, 2.24) is 25.1 Å². The molecule has 9 nitrogen and oxygen atoms in total. The summed E-state index contributed by atoms with van der Waals surface area (Å²) in [4.78, 5) is 33.7. The Kier molecular flexibility index (Phi) is 7.16. The smallest absolute Gasteiger partial charge is 0.410 e. The van der Waals surface area contributed by atoms with Gasteiger partial charge in [0, 0.05) is 47.5 Å². The summed E-state index contributed by atoms with van der Waals surface area (Å²) in [5.41, 5.74) is 6.25.